The maximum absolute atomic E-state index is 13.7. The molecule has 1 saturated heterocycles. The maximum Gasteiger partial charge on any atom is 0.245 e. The summed E-state index contributed by atoms with van der Waals surface area (Å²) in [5.41, 5.74) is 0.0759. The number of halogens is 2. The highest BCUT2D eigenvalue weighted by atomic mass is 19.2. The molecule has 0 unspecified atom stereocenters. The van der Waals surface area contributed by atoms with Gasteiger partial charge >= 0.3 is 0 Å². The predicted octanol–water partition coefficient (Wildman–Crippen LogP) is 1.93. The highest BCUT2D eigenvalue weighted by Gasteiger charge is 2.36. The second kappa shape index (κ2) is 6.20. The lowest BCUT2D eigenvalue weighted by molar-refractivity contribution is -0.155. The van der Waals surface area contributed by atoms with Gasteiger partial charge in [-0.1, -0.05) is 19.1 Å². The molecule has 4 nitrogen and oxygen atoms in total. The van der Waals surface area contributed by atoms with E-state index in [2.05, 4.69) is 0 Å². The summed E-state index contributed by atoms with van der Waals surface area (Å²) >= 11 is 0. The van der Waals surface area contributed by atoms with Crippen LogP contribution >= 0.6 is 0 Å². The molecule has 0 aliphatic carbocycles. The molecule has 1 aliphatic rings. The lowest BCUT2D eigenvalue weighted by Crippen LogP contribution is -2.58. The zero-order chi connectivity index (χ0) is 15.6. The van der Waals surface area contributed by atoms with Crippen LogP contribution in [0.3, 0.4) is 0 Å². The fourth-order valence-corrected chi connectivity index (χ4v) is 2.48. The number of carbonyl (C=O) groups is 2. The summed E-state index contributed by atoms with van der Waals surface area (Å²) in [7, 11) is 0. The molecule has 0 spiro atoms. The number of amides is 2. The van der Waals surface area contributed by atoms with Crippen molar-refractivity contribution in [2.24, 2.45) is 0 Å². The highest BCUT2D eigenvalue weighted by molar-refractivity contribution is 5.94. The molecule has 0 N–H and O–H groups in total. The molecule has 0 radical (unpaired) electrons. The molecule has 1 fully saturated rings. The largest absolute Gasteiger partial charge is 0.332 e. The van der Waals surface area contributed by atoms with E-state index in [4.69, 9.17) is 0 Å². The van der Waals surface area contributed by atoms with E-state index in [1.54, 1.807) is 6.92 Å². The third-order valence-corrected chi connectivity index (χ3v) is 3.65. The number of piperazine rings is 1. The Bertz CT molecular complexity index is 563. The molecule has 0 bridgehead atoms. The van der Waals surface area contributed by atoms with Crippen LogP contribution in [0.1, 0.15) is 25.8 Å². The Morgan fingerprint density at radius 3 is 2.67 bits per heavy atom. The fourth-order valence-electron chi connectivity index (χ4n) is 2.48. The highest BCUT2D eigenvalue weighted by Crippen LogP contribution is 2.19. The van der Waals surface area contributed by atoms with Crippen LogP contribution < -0.4 is 0 Å². The van der Waals surface area contributed by atoms with Gasteiger partial charge in [0.15, 0.2) is 11.6 Å². The molecule has 0 aromatic heterocycles. The van der Waals surface area contributed by atoms with Crippen molar-refractivity contribution in [2.75, 3.05) is 13.1 Å². The summed E-state index contributed by atoms with van der Waals surface area (Å²) in [6.45, 7) is 3.95. The van der Waals surface area contributed by atoms with Crippen LogP contribution in [0.2, 0.25) is 0 Å². The van der Waals surface area contributed by atoms with Crippen molar-refractivity contribution in [3.05, 3.63) is 35.4 Å². The topological polar surface area (TPSA) is 40.6 Å². The van der Waals surface area contributed by atoms with Crippen molar-refractivity contribution in [1.29, 1.82) is 0 Å². The van der Waals surface area contributed by atoms with Gasteiger partial charge in [0, 0.05) is 18.7 Å². The monoisotopic (exact) mass is 296 g/mol. The number of hydrogen-bond acceptors (Lipinski definition) is 2. The van der Waals surface area contributed by atoms with Crippen molar-refractivity contribution in [3.63, 3.8) is 0 Å². The maximum atomic E-state index is 13.7. The van der Waals surface area contributed by atoms with Gasteiger partial charge in [-0.05, 0) is 19.4 Å². The molecule has 114 valence electrons. The molecule has 1 atom stereocenters. The van der Waals surface area contributed by atoms with Crippen LogP contribution in [-0.2, 0) is 16.1 Å². The van der Waals surface area contributed by atoms with Gasteiger partial charge in [0.25, 0.3) is 0 Å². The van der Waals surface area contributed by atoms with E-state index < -0.39 is 17.7 Å². The quantitative estimate of drug-likeness (QED) is 0.852. The van der Waals surface area contributed by atoms with E-state index in [-0.39, 0.29) is 30.5 Å². The second-order valence-corrected chi connectivity index (χ2v) is 5.17. The van der Waals surface area contributed by atoms with E-state index in [1.165, 1.54) is 21.9 Å². The minimum absolute atomic E-state index is 0.00600. The Morgan fingerprint density at radius 2 is 2.00 bits per heavy atom. The molecule has 1 aromatic rings. The molecule has 2 rings (SSSR count). The van der Waals surface area contributed by atoms with Crippen molar-refractivity contribution >= 4 is 11.8 Å². The van der Waals surface area contributed by atoms with Gasteiger partial charge in [-0.2, -0.15) is 0 Å². The van der Waals surface area contributed by atoms with E-state index in [9.17, 15) is 18.4 Å². The molecule has 0 saturated carbocycles. The van der Waals surface area contributed by atoms with Crippen molar-refractivity contribution in [2.45, 2.75) is 32.9 Å². The molecule has 6 heteroatoms. The number of carbonyl (C=O) groups excluding carboxylic acids is 2. The first-order valence-corrected chi connectivity index (χ1v) is 6.96. The standard InChI is InChI=1S/C15H18F2N2O2/c1-3-7-18-9-13(20)19(10(2)15(18)21)8-11-5-4-6-12(16)14(11)17/h4-6,10H,3,7-9H2,1-2H3/t10-/m1/s1. The molecular formula is C15H18F2N2O2. The van der Waals surface area contributed by atoms with Gasteiger partial charge in [-0.15, -0.1) is 0 Å². The van der Waals surface area contributed by atoms with Gasteiger partial charge in [0.2, 0.25) is 11.8 Å². The Balaban J connectivity index is 2.19. The molecular weight excluding hydrogens is 278 g/mol. The number of rotatable bonds is 4. The Hall–Kier alpha value is -1.98. The first-order chi connectivity index (χ1) is 9.95. The summed E-state index contributed by atoms with van der Waals surface area (Å²) in [5, 5.41) is 0. The Labute approximate surface area is 122 Å². The third-order valence-electron chi connectivity index (χ3n) is 3.65. The average Bonchev–Trinajstić information content (AvgIpc) is 2.45. The van der Waals surface area contributed by atoms with Crippen LogP contribution in [0.15, 0.2) is 18.2 Å². The summed E-state index contributed by atoms with van der Waals surface area (Å²) in [6, 6.07) is 3.16. The lowest BCUT2D eigenvalue weighted by Gasteiger charge is -2.38. The van der Waals surface area contributed by atoms with Gasteiger partial charge in [-0.3, -0.25) is 9.59 Å². The zero-order valence-corrected chi connectivity index (χ0v) is 12.1. The van der Waals surface area contributed by atoms with E-state index >= 15 is 0 Å². The van der Waals surface area contributed by atoms with Gasteiger partial charge in [-0.25, -0.2) is 8.78 Å². The number of benzene rings is 1. The first kappa shape index (κ1) is 15.4. The average molecular weight is 296 g/mol. The summed E-state index contributed by atoms with van der Waals surface area (Å²) in [5.74, 6) is -2.34. The minimum Gasteiger partial charge on any atom is -0.332 e. The summed E-state index contributed by atoms with van der Waals surface area (Å²) in [4.78, 5) is 27.1. The molecule has 1 aromatic carbocycles. The SMILES string of the molecule is CCCN1CC(=O)N(Cc2cccc(F)c2F)[C@H](C)C1=O. The first-order valence-electron chi connectivity index (χ1n) is 6.96. The number of hydrogen-bond donors (Lipinski definition) is 0. The van der Waals surface area contributed by atoms with Crippen LogP contribution in [0, 0.1) is 11.6 Å². The zero-order valence-electron chi connectivity index (χ0n) is 12.1. The summed E-state index contributed by atoms with van der Waals surface area (Å²) in [6.07, 6.45) is 0.768. The Kier molecular flexibility index (Phi) is 4.55. The third kappa shape index (κ3) is 3.04. The van der Waals surface area contributed by atoms with E-state index in [1.807, 2.05) is 6.92 Å². The van der Waals surface area contributed by atoms with Crippen molar-refractivity contribution < 1.29 is 18.4 Å². The predicted molar refractivity (Wildman–Crippen MR) is 73.2 cm³/mol. The smallest absolute Gasteiger partial charge is 0.245 e. The fraction of sp³-hybridized carbons (Fsp3) is 0.467. The van der Waals surface area contributed by atoms with Crippen LogP contribution in [0.25, 0.3) is 0 Å². The van der Waals surface area contributed by atoms with Gasteiger partial charge < -0.3 is 9.80 Å². The van der Waals surface area contributed by atoms with Crippen LogP contribution in [-0.4, -0.2) is 40.7 Å². The molecule has 1 heterocycles. The minimum atomic E-state index is -0.971. The molecule has 1 aliphatic heterocycles. The van der Waals surface area contributed by atoms with E-state index in [0.717, 1.165) is 12.5 Å². The van der Waals surface area contributed by atoms with Crippen molar-refractivity contribution in [1.82, 2.24) is 9.80 Å². The van der Waals surface area contributed by atoms with Crippen molar-refractivity contribution in [3.8, 4) is 0 Å². The van der Waals surface area contributed by atoms with Gasteiger partial charge in [0.05, 0.1) is 6.54 Å². The molecule has 21 heavy (non-hydrogen) atoms. The van der Waals surface area contributed by atoms with Crippen LogP contribution in [0.4, 0.5) is 8.78 Å². The molecule has 2 amide bonds. The second-order valence-electron chi connectivity index (χ2n) is 5.17. The Morgan fingerprint density at radius 1 is 1.29 bits per heavy atom. The van der Waals surface area contributed by atoms with Gasteiger partial charge in [0.1, 0.15) is 6.04 Å². The van der Waals surface area contributed by atoms with Crippen LogP contribution in [0.5, 0.6) is 0 Å². The summed E-state index contributed by atoms with van der Waals surface area (Å²) < 4.78 is 26.9. The lowest BCUT2D eigenvalue weighted by atomic mass is 10.1. The number of nitrogens with zero attached hydrogens (tertiary/aromatic N) is 2. The van der Waals surface area contributed by atoms with E-state index in [0.29, 0.717) is 6.54 Å². The normalized spacial score (nSPS) is 19.3.